The first kappa shape index (κ1) is 14.4. The second-order valence-electron chi connectivity index (χ2n) is 5.31. The van der Waals surface area contributed by atoms with Crippen LogP contribution < -0.4 is 5.73 Å². The highest BCUT2D eigenvalue weighted by molar-refractivity contribution is 5.82. The molecule has 0 aromatic heterocycles. The molecule has 90 valence electrons. The number of carbonyl (C=O) groups excluding carboxylic acids is 1. The summed E-state index contributed by atoms with van der Waals surface area (Å²) in [7, 11) is 1.84. The Kier molecular flexibility index (Phi) is 5.88. The molecule has 0 spiro atoms. The largest absolute Gasteiger partial charge is 0.344 e. The minimum absolute atomic E-state index is 0.0543. The van der Waals surface area contributed by atoms with Crippen LogP contribution in [0, 0.1) is 5.41 Å². The number of amides is 1. The van der Waals surface area contributed by atoms with Gasteiger partial charge in [-0.25, -0.2) is 0 Å². The molecule has 15 heavy (non-hydrogen) atoms. The second kappa shape index (κ2) is 6.11. The van der Waals surface area contributed by atoms with Crippen molar-refractivity contribution in [2.24, 2.45) is 11.1 Å². The van der Waals surface area contributed by atoms with E-state index in [0.717, 1.165) is 13.0 Å². The Morgan fingerprint density at radius 3 is 2.27 bits per heavy atom. The Bertz CT molecular complexity index is 196. The van der Waals surface area contributed by atoms with Crippen molar-refractivity contribution in [3.8, 4) is 0 Å². The van der Waals surface area contributed by atoms with Crippen molar-refractivity contribution < 1.29 is 4.79 Å². The Balaban J connectivity index is 4.09. The summed E-state index contributed by atoms with van der Waals surface area (Å²) in [6.07, 6.45) is 3.41. The lowest BCUT2D eigenvalue weighted by atomic mass is 9.86. The smallest absolute Gasteiger partial charge is 0.239 e. The lowest BCUT2D eigenvalue weighted by Gasteiger charge is -2.30. The lowest BCUT2D eigenvalue weighted by Crippen LogP contribution is -2.49. The summed E-state index contributed by atoms with van der Waals surface area (Å²) in [5, 5.41) is 0. The number of carbonyl (C=O) groups is 1. The van der Waals surface area contributed by atoms with Gasteiger partial charge in [0.2, 0.25) is 5.91 Å². The molecule has 0 aliphatic rings. The standard InChI is InChI=1S/C12H26N2O/c1-6-7-8-9-14(5)11(15)10(13)12(2,3)4/h10H,6-9,13H2,1-5H3/t10-/m1/s1. The first-order valence-corrected chi connectivity index (χ1v) is 5.81. The third-order valence-corrected chi connectivity index (χ3v) is 2.67. The maximum absolute atomic E-state index is 11.9. The van der Waals surface area contributed by atoms with Gasteiger partial charge >= 0.3 is 0 Å². The van der Waals surface area contributed by atoms with Crippen molar-refractivity contribution in [3.05, 3.63) is 0 Å². The molecular weight excluding hydrogens is 188 g/mol. The Labute approximate surface area is 94.0 Å². The number of rotatable bonds is 5. The average molecular weight is 214 g/mol. The molecule has 3 heteroatoms. The Morgan fingerprint density at radius 1 is 1.33 bits per heavy atom. The molecule has 0 heterocycles. The summed E-state index contributed by atoms with van der Waals surface area (Å²) in [5.74, 6) is 0.0543. The third kappa shape index (κ3) is 5.17. The molecule has 0 bridgehead atoms. The molecular formula is C12H26N2O. The van der Waals surface area contributed by atoms with Crippen molar-refractivity contribution in [2.75, 3.05) is 13.6 Å². The van der Waals surface area contributed by atoms with Crippen LogP contribution >= 0.6 is 0 Å². The summed E-state index contributed by atoms with van der Waals surface area (Å²) >= 11 is 0. The van der Waals surface area contributed by atoms with Gasteiger partial charge in [-0.05, 0) is 11.8 Å². The fourth-order valence-corrected chi connectivity index (χ4v) is 1.32. The highest BCUT2D eigenvalue weighted by atomic mass is 16.2. The fraction of sp³-hybridized carbons (Fsp3) is 0.917. The van der Waals surface area contributed by atoms with Crippen molar-refractivity contribution in [3.63, 3.8) is 0 Å². The molecule has 0 saturated carbocycles. The SMILES string of the molecule is CCCCCN(C)C(=O)[C@@H](N)C(C)(C)C. The molecule has 0 aromatic rings. The molecule has 0 saturated heterocycles. The van der Waals surface area contributed by atoms with Crippen LogP contribution in [-0.2, 0) is 4.79 Å². The molecule has 0 unspecified atom stereocenters. The summed E-state index contributed by atoms with van der Waals surface area (Å²) in [6.45, 7) is 8.96. The minimum Gasteiger partial charge on any atom is -0.344 e. The monoisotopic (exact) mass is 214 g/mol. The first-order chi connectivity index (χ1) is 6.80. The van der Waals surface area contributed by atoms with Gasteiger partial charge in [-0.3, -0.25) is 4.79 Å². The molecule has 0 radical (unpaired) electrons. The van der Waals surface area contributed by atoms with E-state index in [9.17, 15) is 4.79 Å². The number of hydrogen-bond donors (Lipinski definition) is 1. The lowest BCUT2D eigenvalue weighted by molar-refractivity contribution is -0.133. The molecule has 0 aliphatic heterocycles. The maximum atomic E-state index is 11.9. The molecule has 2 N–H and O–H groups in total. The number of unbranched alkanes of at least 4 members (excludes halogenated alkanes) is 2. The van der Waals surface area contributed by atoms with E-state index in [1.807, 2.05) is 27.8 Å². The normalized spacial score (nSPS) is 13.7. The van der Waals surface area contributed by atoms with E-state index >= 15 is 0 Å². The van der Waals surface area contributed by atoms with Crippen LogP contribution in [-0.4, -0.2) is 30.4 Å². The van der Waals surface area contributed by atoms with Gasteiger partial charge in [-0.2, -0.15) is 0 Å². The van der Waals surface area contributed by atoms with E-state index in [1.165, 1.54) is 12.8 Å². The fourth-order valence-electron chi connectivity index (χ4n) is 1.32. The van der Waals surface area contributed by atoms with Gasteiger partial charge in [0.1, 0.15) is 0 Å². The second-order valence-corrected chi connectivity index (χ2v) is 5.31. The van der Waals surface area contributed by atoms with Gasteiger partial charge < -0.3 is 10.6 Å². The molecule has 0 fully saturated rings. The van der Waals surface area contributed by atoms with Crippen molar-refractivity contribution >= 4 is 5.91 Å². The number of hydrogen-bond acceptors (Lipinski definition) is 2. The number of nitrogens with two attached hydrogens (primary N) is 1. The van der Waals surface area contributed by atoms with Gasteiger partial charge in [0.15, 0.2) is 0 Å². The Hall–Kier alpha value is -0.570. The predicted molar refractivity (Wildman–Crippen MR) is 64.6 cm³/mol. The molecule has 0 aliphatic carbocycles. The Morgan fingerprint density at radius 2 is 1.87 bits per heavy atom. The summed E-state index contributed by atoms with van der Waals surface area (Å²) in [5.41, 5.74) is 5.75. The molecule has 1 atom stereocenters. The van der Waals surface area contributed by atoms with Crippen LogP contribution in [0.25, 0.3) is 0 Å². The van der Waals surface area contributed by atoms with Gasteiger partial charge in [-0.15, -0.1) is 0 Å². The quantitative estimate of drug-likeness (QED) is 0.712. The van der Waals surface area contributed by atoms with Crippen molar-refractivity contribution in [1.29, 1.82) is 0 Å². The summed E-state index contributed by atoms with van der Waals surface area (Å²) in [4.78, 5) is 13.6. The van der Waals surface area contributed by atoms with E-state index in [1.54, 1.807) is 4.90 Å². The highest BCUT2D eigenvalue weighted by Crippen LogP contribution is 2.18. The zero-order chi connectivity index (χ0) is 12.1. The van der Waals surface area contributed by atoms with Crippen LogP contribution in [0.2, 0.25) is 0 Å². The number of nitrogens with zero attached hydrogens (tertiary/aromatic N) is 1. The van der Waals surface area contributed by atoms with Crippen LogP contribution in [0.4, 0.5) is 0 Å². The third-order valence-electron chi connectivity index (χ3n) is 2.67. The van der Waals surface area contributed by atoms with Gasteiger partial charge in [0.25, 0.3) is 0 Å². The molecule has 1 amide bonds. The summed E-state index contributed by atoms with van der Waals surface area (Å²) < 4.78 is 0. The van der Waals surface area contributed by atoms with Gasteiger partial charge in [0, 0.05) is 13.6 Å². The van der Waals surface area contributed by atoms with E-state index < -0.39 is 6.04 Å². The topological polar surface area (TPSA) is 46.3 Å². The van der Waals surface area contributed by atoms with Crippen LogP contribution in [0.1, 0.15) is 47.0 Å². The zero-order valence-corrected chi connectivity index (χ0v) is 10.8. The van der Waals surface area contributed by atoms with Crippen LogP contribution in [0.15, 0.2) is 0 Å². The van der Waals surface area contributed by atoms with E-state index in [2.05, 4.69) is 6.92 Å². The highest BCUT2D eigenvalue weighted by Gasteiger charge is 2.29. The summed E-state index contributed by atoms with van der Waals surface area (Å²) in [6, 6.07) is -0.399. The van der Waals surface area contributed by atoms with E-state index in [0.29, 0.717) is 0 Å². The van der Waals surface area contributed by atoms with Crippen molar-refractivity contribution in [2.45, 2.75) is 53.0 Å². The van der Waals surface area contributed by atoms with Crippen molar-refractivity contribution in [1.82, 2.24) is 4.90 Å². The zero-order valence-electron chi connectivity index (χ0n) is 10.8. The maximum Gasteiger partial charge on any atom is 0.239 e. The van der Waals surface area contributed by atoms with Gasteiger partial charge in [-0.1, -0.05) is 40.5 Å². The van der Waals surface area contributed by atoms with Crippen LogP contribution in [0.5, 0.6) is 0 Å². The van der Waals surface area contributed by atoms with Crippen LogP contribution in [0.3, 0.4) is 0 Å². The van der Waals surface area contributed by atoms with E-state index in [4.69, 9.17) is 5.73 Å². The number of likely N-dealkylation sites (N-methyl/N-ethyl adjacent to an activating group) is 1. The average Bonchev–Trinajstić information content (AvgIpc) is 2.14. The molecule has 3 nitrogen and oxygen atoms in total. The molecule has 0 rings (SSSR count). The predicted octanol–water partition coefficient (Wildman–Crippen LogP) is 2.01. The first-order valence-electron chi connectivity index (χ1n) is 5.81. The van der Waals surface area contributed by atoms with E-state index in [-0.39, 0.29) is 11.3 Å². The molecule has 0 aromatic carbocycles. The van der Waals surface area contributed by atoms with Gasteiger partial charge in [0.05, 0.1) is 6.04 Å². The minimum atomic E-state index is -0.399.